The standard InChI is InChI=1S/C4H6O2/c1-3-4(5)6-2/h5H,1H2,2H3. The van der Waals surface area contributed by atoms with Crippen molar-refractivity contribution in [3.8, 4) is 0 Å². The first-order valence-corrected chi connectivity index (χ1v) is 1.44. The van der Waals surface area contributed by atoms with Crippen LogP contribution in [0.4, 0.5) is 0 Å². The molecule has 0 aromatic heterocycles. The van der Waals surface area contributed by atoms with Gasteiger partial charge in [0.1, 0.15) is 0 Å². The lowest BCUT2D eigenvalue weighted by atomic mass is 10.9. The molecule has 0 unspecified atom stereocenters. The number of rotatable bonds is 1. The number of aliphatic hydroxyl groups is 1. The summed E-state index contributed by atoms with van der Waals surface area (Å²) in [4.78, 5) is 0. The lowest BCUT2D eigenvalue weighted by molar-refractivity contribution is 0.137. The monoisotopic (exact) mass is 86.0 g/mol. The van der Waals surface area contributed by atoms with Gasteiger partial charge in [-0.1, -0.05) is 0 Å². The van der Waals surface area contributed by atoms with Gasteiger partial charge in [0.15, 0.2) is 0 Å². The minimum atomic E-state index is -0.269. The van der Waals surface area contributed by atoms with E-state index in [-0.39, 0.29) is 5.95 Å². The fourth-order valence-electron chi connectivity index (χ4n) is 0.0722. The van der Waals surface area contributed by atoms with Crippen LogP contribution in [0.1, 0.15) is 0 Å². The predicted molar refractivity (Wildman–Crippen MR) is 22.3 cm³/mol. The second-order valence-corrected chi connectivity index (χ2v) is 0.686. The number of hydrogen-bond donors (Lipinski definition) is 1. The van der Waals surface area contributed by atoms with Crippen molar-refractivity contribution < 1.29 is 9.84 Å². The molecule has 0 aliphatic heterocycles. The second kappa shape index (κ2) is 2.36. The highest BCUT2D eigenvalue weighted by atomic mass is 16.6. The summed E-state index contributed by atoms with van der Waals surface area (Å²) < 4.78 is 4.20. The Labute approximate surface area is 36.4 Å². The van der Waals surface area contributed by atoms with Crippen LogP contribution in [0.2, 0.25) is 0 Å². The van der Waals surface area contributed by atoms with E-state index in [0.29, 0.717) is 0 Å². The van der Waals surface area contributed by atoms with Crippen molar-refractivity contribution >= 4 is 0 Å². The van der Waals surface area contributed by atoms with Gasteiger partial charge < -0.3 is 9.84 Å². The Bertz CT molecular complexity index is 79.5. The molecule has 0 radical (unpaired) electrons. The largest absolute Gasteiger partial charge is 0.475 e. The fraction of sp³-hybridized carbons (Fsp3) is 0.250. The molecule has 0 atom stereocenters. The van der Waals surface area contributed by atoms with E-state index in [2.05, 4.69) is 17.0 Å². The second-order valence-electron chi connectivity index (χ2n) is 0.686. The molecular formula is C4H6O2. The summed E-state index contributed by atoms with van der Waals surface area (Å²) in [5.41, 5.74) is 2.11. The predicted octanol–water partition coefficient (Wildman–Crippen LogP) is 0.817. The average Bonchev–Trinajstić information content (AvgIpc) is 1.65. The molecule has 0 aromatic rings. The van der Waals surface area contributed by atoms with E-state index in [1.54, 1.807) is 0 Å². The normalized spacial score (nSPS) is 6.17. The van der Waals surface area contributed by atoms with Gasteiger partial charge in [-0.05, 0) is 12.3 Å². The van der Waals surface area contributed by atoms with Crippen LogP contribution in [0.15, 0.2) is 18.3 Å². The van der Waals surface area contributed by atoms with Gasteiger partial charge in [0.2, 0.25) is 0 Å². The van der Waals surface area contributed by atoms with Gasteiger partial charge in [0.25, 0.3) is 0 Å². The maximum Gasteiger partial charge on any atom is 0.324 e. The van der Waals surface area contributed by atoms with Crippen LogP contribution in [0.25, 0.3) is 0 Å². The maximum atomic E-state index is 8.19. The topological polar surface area (TPSA) is 29.5 Å². The van der Waals surface area contributed by atoms with E-state index >= 15 is 0 Å². The Morgan fingerprint density at radius 1 is 2.00 bits per heavy atom. The van der Waals surface area contributed by atoms with Gasteiger partial charge >= 0.3 is 5.95 Å². The van der Waals surface area contributed by atoms with Crippen LogP contribution >= 0.6 is 0 Å². The molecule has 0 spiro atoms. The lowest BCUT2D eigenvalue weighted by Gasteiger charge is -1.86. The van der Waals surface area contributed by atoms with Crippen LogP contribution in [-0.2, 0) is 4.74 Å². The first kappa shape index (κ1) is 5.12. The SMILES string of the molecule is C=C=C(O)OC. The Hall–Kier alpha value is -0.880. The van der Waals surface area contributed by atoms with Gasteiger partial charge in [0.05, 0.1) is 7.11 Å². The molecule has 1 N–H and O–H groups in total. The highest BCUT2D eigenvalue weighted by Gasteiger charge is 1.74. The van der Waals surface area contributed by atoms with E-state index in [9.17, 15) is 0 Å². The Morgan fingerprint density at radius 3 is 2.50 bits per heavy atom. The molecular weight excluding hydrogens is 80.0 g/mol. The van der Waals surface area contributed by atoms with Crippen molar-refractivity contribution in [3.63, 3.8) is 0 Å². The summed E-state index contributed by atoms with van der Waals surface area (Å²) in [5.74, 6) is -0.269. The van der Waals surface area contributed by atoms with Crippen molar-refractivity contribution in [1.82, 2.24) is 0 Å². The molecule has 34 valence electrons. The molecule has 0 saturated heterocycles. The zero-order chi connectivity index (χ0) is 4.99. The van der Waals surface area contributed by atoms with Crippen LogP contribution in [-0.4, -0.2) is 12.2 Å². The number of methoxy groups -OCH3 is 1. The van der Waals surface area contributed by atoms with Crippen LogP contribution in [0, 0.1) is 0 Å². The van der Waals surface area contributed by atoms with E-state index < -0.39 is 0 Å². The highest BCUT2D eigenvalue weighted by Crippen LogP contribution is 1.77. The summed E-state index contributed by atoms with van der Waals surface area (Å²) in [6.07, 6.45) is 0. The van der Waals surface area contributed by atoms with Crippen LogP contribution in [0.5, 0.6) is 0 Å². The molecule has 2 nitrogen and oxygen atoms in total. The minimum absolute atomic E-state index is 0.269. The molecule has 0 aliphatic carbocycles. The zero-order valence-corrected chi connectivity index (χ0v) is 3.56. The van der Waals surface area contributed by atoms with Crippen molar-refractivity contribution in [2.24, 2.45) is 0 Å². The summed E-state index contributed by atoms with van der Waals surface area (Å²) in [5, 5.41) is 8.19. The van der Waals surface area contributed by atoms with E-state index in [4.69, 9.17) is 5.11 Å². The van der Waals surface area contributed by atoms with Gasteiger partial charge in [0, 0.05) is 0 Å². The summed E-state index contributed by atoms with van der Waals surface area (Å²) in [7, 11) is 1.34. The summed E-state index contributed by atoms with van der Waals surface area (Å²) in [6.45, 7) is 3.09. The molecule has 2 heteroatoms. The fourth-order valence-corrected chi connectivity index (χ4v) is 0.0722. The van der Waals surface area contributed by atoms with Gasteiger partial charge in [-0.15, -0.1) is 0 Å². The molecule has 0 saturated carbocycles. The van der Waals surface area contributed by atoms with Crippen molar-refractivity contribution in [1.29, 1.82) is 0 Å². The zero-order valence-electron chi connectivity index (χ0n) is 3.56. The van der Waals surface area contributed by atoms with Crippen LogP contribution in [0.3, 0.4) is 0 Å². The molecule has 0 aromatic carbocycles. The lowest BCUT2D eigenvalue weighted by Crippen LogP contribution is -1.77. The Balaban J connectivity index is 3.52. The van der Waals surface area contributed by atoms with Crippen molar-refractivity contribution in [2.45, 2.75) is 0 Å². The first-order chi connectivity index (χ1) is 2.81. The minimum Gasteiger partial charge on any atom is -0.475 e. The third-order valence-electron chi connectivity index (χ3n) is 0.345. The first-order valence-electron chi connectivity index (χ1n) is 1.44. The van der Waals surface area contributed by atoms with E-state index in [1.165, 1.54) is 7.11 Å². The number of ether oxygens (including phenoxy) is 1. The van der Waals surface area contributed by atoms with Crippen LogP contribution < -0.4 is 0 Å². The summed E-state index contributed by atoms with van der Waals surface area (Å²) >= 11 is 0. The van der Waals surface area contributed by atoms with Gasteiger partial charge in [-0.25, -0.2) is 0 Å². The third kappa shape index (κ3) is 1.44. The Morgan fingerprint density at radius 2 is 2.50 bits per heavy atom. The number of aliphatic hydroxyl groups excluding tert-OH is 1. The summed E-state index contributed by atoms with van der Waals surface area (Å²) in [6, 6.07) is 0. The van der Waals surface area contributed by atoms with Gasteiger partial charge in [-0.2, -0.15) is 0 Å². The van der Waals surface area contributed by atoms with Crippen molar-refractivity contribution in [3.05, 3.63) is 18.3 Å². The molecule has 6 heavy (non-hydrogen) atoms. The molecule has 0 bridgehead atoms. The third-order valence-corrected chi connectivity index (χ3v) is 0.345. The van der Waals surface area contributed by atoms with E-state index in [0.717, 1.165) is 0 Å². The molecule has 0 heterocycles. The number of hydrogen-bond acceptors (Lipinski definition) is 2. The van der Waals surface area contributed by atoms with Crippen molar-refractivity contribution in [2.75, 3.05) is 7.11 Å². The molecule has 0 rings (SSSR count). The average molecular weight is 86.1 g/mol. The highest BCUT2D eigenvalue weighted by molar-refractivity contribution is 4.72. The quantitative estimate of drug-likeness (QED) is 0.378. The smallest absolute Gasteiger partial charge is 0.324 e. The molecule has 0 amide bonds. The van der Waals surface area contributed by atoms with E-state index in [1.807, 2.05) is 0 Å². The van der Waals surface area contributed by atoms with Gasteiger partial charge in [-0.3, -0.25) is 0 Å². The maximum absolute atomic E-state index is 8.19. The molecule has 0 fully saturated rings. The Kier molecular flexibility index (Phi) is 2.02. The molecule has 0 aliphatic rings.